The van der Waals surface area contributed by atoms with Gasteiger partial charge >= 0.3 is 12.3 Å². The maximum absolute atomic E-state index is 12.7. The molecule has 2 heterocycles. The number of alkyl halides is 3. The Morgan fingerprint density at radius 3 is 2.76 bits per heavy atom. The predicted molar refractivity (Wildman–Crippen MR) is 85.5 cm³/mol. The van der Waals surface area contributed by atoms with E-state index in [0.717, 1.165) is 28.8 Å². The number of amides is 2. The molecule has 1 N–H and O–H groups in total. The number of carbonyl (C=O) groups is 2. The van der Waals surface area contributed by atoms with Crippen LogP contribution in [0, 0.1) is 12.3 Å². The Morgan fingerprint density at radius 2 is 2.16 bits per heavy atom. The highest BCUT2D eigenvalue weighted by atomic mass is 32.2. The third-order valence-corrected chi connectivity index (χ3v) is 4.12. The second-order valence-electron chi connectivity index (χ2n) is 5.57. The van der Waals surface area contributed by atoms with Gasteiger partial charge in [0.2, 0.25) is 5.44 Å². The zero-order valence-electron chi connectivity index (χ0n) is 13.3. The second-order valence-corrected chi connectivity index (χ2v) is 6.59. The number of alkyl carbamates (subject to hydrolysis) is 1. The summed E-state index contributed by atoms with van der Waals surface area (Å²) < 4.78 is 43.2. The number of anilines is 1. The van der Waals surface area contributed by atoms with E-state index in [0.29, 0.717) is 0 Å². The van der Waals surface area contributed by atoms with E-state index in [1.54, 1.807) is 13.8 Å². The monoisotopic (exact) mass is 373 g/mol. The van der Waals surface area contributed by atoms with Crippen LogP contribution in [0.4, 0.5) is 23.8 Å². The summed E-state index contributed by atoms with van der Waals surface area (Å²) in [7, 11) is 0. The van der Waals surface area contributed by atoms with Crippen LogP contribution in [-0.4, -0.2) is 33.8 Å². The van der Waals surface area contributed by atoms with E-state index in [9.17, 15) is 22.8 Å². The molecule has 0 bridgehead atoms. The molecular formula is C15H14F3N3O3S. The Labute approximate surface area is 146 Å². The van der Waals surface area contributed by atoms with Crippen molar-refractivity contribution in [3.63, 3.8) is 0 Å². The van der Waals surface area contributed by atoms with Crippen molar-refractivity contribution >= 4 is 29.6 Å². The Bertz CT molecular complexity index is 731. The number of hydrogen-bond donors (Lipinski definition) is 1. The fraction of sp³-hybridized carbons (Fsp3) is 0.400. The molecule has 1 unspecified atom stereocenters. The Morgan fingerprint density at radius 1 is 1.48 bits per heavy atom. The van der Waals surface area contributed by atoms with Crippen molar-refractivity contribution in [3.05, 3.63) is 23.9 Å². The van der Waals surface area contributed by atoms with Gasteiger partial charge in [0.1, 0.15) is 11.5 Å². The van der Waals surface area contributed by atoms with Crippen molar-refractivity contribution in [2.75, 3.05) is 10.8 Å². The van der Waals surface area contributed by atoms with E-state index in [4.69, 9.17) is 11.2 Å². The van der Waals surface area contributed by atoms with Crippen molar-refractivity contribution in [2.45, 2.75) is 31.0 Å². The first kappa shape index (κ1) is 18.9. The first-order valence-corrected chi connectivity index (χ1v) is 8.02. The molecule has 0 spiro atoms. The van der Waals surface area contributed by atoms with Gasteiger partial charge in [0.05, 0.1) is 11.4 Å². The van der Waals surface area contributed by atoms with Crippen LogP contribution in [0.5, 0.6) is 0 Å². The van der Waals surface area contributed by atoms with E-state index in [1.807, 2.05) is 0 Å². The lowest BCUT2D eigenvalue weighted by molar-refractivity contribution is -0.141. The molecule has 1 aromatic rings. The van der Waals surface area contributed by atoms with E-state index < -0.39 is 34.8 Å². The van der Waals surface area contributed by atoms with Crippen molar-refractivity contribution in [2.24, 2.45) is 0 Å². The number of halogens is 3. The molecule has 1 atom stereocenters. The summed E-state index contributed by atoms with van der Waals surface area (Å²) in [6.45, 7) is 3.13. The van der Waals surface area contributed by atoms with Gasteiger partial charge in [-0.2, -0.15) is 13.2 Å². The van der Waals surface area contributed by atoms with Crippen LogP contribution < -0.4 is 10.2 Å². The van der Waals surface area contributed by atoms with Crippen molar-refractivity contribution in [1.29, 1.82) is 0 Å². The second kappa shape index (κ2) is 6.84. The molecular weight excluding hydrogens is 359 g/mol. The summed E-state index contributed by atoms with van der Waals surface area (Å²) in [5, 5.41) is 2.39. The lowest BCUT2D eigenvalue weighted by Crippen LogP contribution is -2.44. The molecule has 2 amide bonds. The van der Waals surface area contributed by atoms with Gasteiger partial charge in [0, 0.05) is 0 Å². The Kier molecular flexibility index (Phi) is 5.17. The highest BCUT2D eigenvalue weighted by molar-refractivity contribution is 8.01. The van der Waals surface area contributed by atoms with E-state index in [2.05, 4.69) is 16.2 Å². The van der Waals surface area contributed by atoms with Gasteiger partial charge in [-0.1, -0.05) is 23.7 Å². The molecule has 1 aliphatic rings. The van der Waals surface area contributed by atoms with Gasteiger partial charge in [0.15, 0.2) is 0 Å². The summed E-state index contributed by atoms with van der Waals surface area (Å²) in [4.78, 5) is 28.5. The lowest BCUT2D eigenvalue weighted by atomic mass is 10.1. The molecule has 2 rings (SSSR count). The Hall–Kier alpha value is -2.41. The quantitative estimate of drug-likeness (QED) is 0.825. The number of hydrogen-bond acceptors (Lipinski definition) is 5. The first-order chi connectivity index (χ1) is 11.5. The minimum absolute atomic E-state index is 0.00359. The smallest absolute Gasteiger partial charge is 0.425 e. The molecule has 0 aromatic carbocycles. The summed E-state index contributed by atoms with van der Waals surface area (Å²) in [5.74, 6) is 1.50. The average Bonchev–Trinajstić information content (AvgIpc) is 2.87. The SMILES string of the molecule is C#CC(C)(C)NC(=O)OC1SCN(c2cccc(C(F)(F)F)n2)C1=O. The fourth-order valence-corrected chi connectivity index (χ4v) is 2.79. The van der Waals surface area contributed by atoms with Crippen LogP contribution in [0.15, 0.2) is 18.2 Å². The standard InChI is InChI=1S/C15H14F3N3O3S/c1-4-14(2,3)20-13(23)24-12-11(22)21(8-25-12)10-7-5-6-9(19-10)15(16,17)18/h1,5-7,12H,8H2,2-3H3,(H,20,23). The van der Waals surface area contributed by atoms with Crippen LogP contribution in [-0.2, 0) is 15.7 Å². The van der Waals surface area contributed by atoms with Gasteiger partial charge in [0.25, 0.3) is 5.91 Å². The number of nitrogens with one attached hydrogen (secondary N) is 1. The van der Waals surface area contributed by atoms with E-state index in [-0.39, 0.29) is 11.7 Å². The topological polar surface area (TPSA) is 71.5 Å². The molecule has 0 saturated carbocycles. The van der Waals surface area contributed by atoms with Crippen LogP contribution in [0.1, 0.15) is 19.5 Å². The van der Waals surface area contributed by atoms with Gasteiger partial charge in [-0.05, 0) is 26.0 Å². The third-order valence-electron chi connectivity index (χ3n) is 3.11. The largest absolute Gasteiger partial charge is 0.433 e. The number of ether oxygens (including phenoxy) is 1. The Balaban J connectivity index is 2.07. The highest BCUT2D eigenvalue weighted by Gasteiger charge is 2.39. The first-order valence-electron chi connectivity index (χ1n) is 6.97. The van der Waals surface area contributed by atoms with Crippen molar-refractivity contribution in [3.8, 4) is 12.3 Å². The highest BCUT2D eigenvalue weighted by Crippen LogP contribution is 2.32. The molecule has 10 heteroatoms. The summed E-state index contributed by atoms with van der Waals surface area (Å²) in [6, 6.07) is 3.23. The molecule has 25 heavy (non-hydrogen) atoms. The minimum Gasteiger partial charge on any atom is -0.425 e. The predicted octanol–water partition coefficient (Wildman–Crippen LogP) is 2.60. The zero-order chi connectivity index (χ0) is 18.8. The fourth-order valence-electron chi connectivity index (χ4n) is 1.82. The maximum Gasteiger partial charge on any atom is 0.433 e. The van der Waals surface area contributed by atoms with Gasteiger partial charge in [-0.25, -0.2) is 9.78 Å². The number of carbonyl (C=O) groups excluding carboxylic acids is 2. The van der Waals surface area contributed by atoms with E-state index in [1.165, 1.54) is 6.07 Å². The normalized spacial score (nSPS) is 18.0. The molecule has 6 nitrogen and oxygen atoms in total. The minimum atomic E-state index is -4.62. The zero-order valence-corrected chi connectivity index (χ0v) is 14.1. The summed E-state index contributed by atoms with van der Waals surface area (Å²) >= 11 is 0.949. The van der Waals surface area contributed by atoms with Crippen LogP contribution >= 0.6 is 11.8 Å². The van der Waals surface area contributed by atoms with Crippen LogP contribution in [0.2, 0.25) is 0 Å². The number of terminal acetylenes is 1. The third kappa shape index (κ3) is 4.57. The molecule has 1 saturated heterocycles. The number of rotatable bonds is 3. The van der Waals surface area contributed by atoms with Gasteiger partial charge < -0.3 is 10.1 Å². The number of thioether (sulfide) groups is 1. The van der Waals surface area contributed by atoms with E-state index >= 15 is 0 Å². The summed E-state index contributed by atoms with van der Waals surface area (Å²) in [5.41, 5.74) is -3.27. The van der Waals surface area contributed by atoms with Crippen LogP contribution in [0.3, 0.4) is 0 Å². The number of aromatic nitrogens is 1. The maximum atomic E-state index is 12.7. The van der Waals surface area contributed by atoms with Crippen molar-refractivity contribution < 1.29 is 27.5 Å². The molecule has 1 fully saturated rings. The molecule has 134 valence electrons. The lowest BCUT2D eigenvalue weighted by Gasteiger charge is -2.20. The molecule has 1 aliphatic heterocycles. The molecule has 0 radical (unpaired) electrons. The van der Waals surface area contributed by atoms with Crippen LogP contribution in [0.25, 0.3) is 0 Å². The van der Waals surface area contributed by atoms with Gasteiger partial charge in [-0.15, -0.1) is 6.42 Å². The average molecular weight is 373 g/mol. The number of nitrogens with zero attached hydrogens (tertiary/aromatic N) is 2. The summed E-state index contributed by atoms with van der Waals surface area (Å²) in [6.07, 6.45) is -0.282. The van der Waals surface area contributed by atoms with Gasteiger partial charge in [-0.3, -0.25) is 9.69 Å². The molecule has 0 aliphatic carbocycles. The molecule has 1 aromatic heterocycles. The number of pyridine rings is 1. The van der Waals surface area contributed by atoms with Crippen molar-refractivity contribution in [1.82, 2.24) is 10.3 Å².